The van der Waals surface area contributed by atoms with Gasteiger partial charge in [0.05, 0.1) is 10.4 Å². The van der Waals surface area contributed by atoms with Crippen LogP contribution in [-0.2, 0) is 0 Å². The van der Waals surface area contributed by atoms with E-state index in [0.717, 1.165) is 16.3 Å². The smallest absolute Gasteiger partial charge is 0.0693 e. The molecule has 0 spiro atoms. The van der Waals surface area contributed by atoms with Gasteiger partial charge in [0.1, 0.15) is 0 Å². The summed E-state index contributed by atoms with van der Waals surface area (Å²) >= 11 is 14.0. The Bertz CT molecular complexity index is 283. The summed E-state index contributed by atoms with van der Waals surface area (Å²) in [6, 6.07) is 1.93. The Morgan fingerprint density at radius 3 is 2.50 bits per heavy atom. The zero-order valence-corrected chi connectivity index (χ0v) is 12.2. The summed E-state index contributed by atoms with van der Waals surface area (Å²) < 4.78 is 0. The van der Waals surface area contributed by atoms with E-state index in [1.165, 1.54) is 38.5 Å². The molecule has 0 radical (unpaired) electrons. The third-order valence-corrected chi connectivity index (χ3v) is 4.78. The summed E-state index contributed by atoms with van der Waals surface area (Å²) in [5, 5.41) is 2.95. The lowest BCUT2D eigenvalue weighted by atomic mass is 10.1. The first-order valence-corrected chi connectivity index (χ1v) is 7.82. The molecule has 0 aliphatic heterocycles. The van der Waals surface area contributed by atoms with Crippen LogP contribution in [0.5, 0.6) is 0 Å². The molecule has 1 atom stereocenters. The summed E-state index contributed by atoms with van der Waals surface area (Å²) in [7, 11) is 0. The molecule has 1 aromatic rings. The zero-order valence-electron chi connectivity index (χ0n) is 9.85. The maximum absolute atomic E-state index is 6.32. The van der Waals surface area contributed by atoms with Crippen molar-refractivity contribution in [3.8, 4) is 0 Å². The molecule has 1 unspecified atom stereocenters. The molecule has 1 rings (SSSR count). The predicted octanol–water partition coefficient (Wildman–Crippen LogP) is 6.43. The Morgan fingerprint density at radius 1 is 1.19 bits per heavy atom. The molecule has 0 saturated carbocycles. The van der Waals surface area contributed by atoms with Crippen molar-refractivity contribution in [2.45, 2.75) is 57.2 Å². The zero-order chi connectivity index (χ0) is 11.8. The van der Waals surface area contributed by atoms with Crippen LogP contribution in [-0.4, -0.2) is 0 Å². The minimum absolute atomic E-state index is 0.110. The number of alkyl halides is 1. The van der Waals surface area contributed by atoms with Crippen LogP contribution >= 0.6 is 34.5 Å². The highest BCUT2D eigenvalue weighted by Crippen LogP contribution is 2.35. The van der Waals surface area contributed by atoms with Crippen LogP contribution in [0.2, 0.25) is 5.02 Å². The summed E-state index contributed by atoms with van der Waals surface area (Å²) in [4.78, 5) is 1.14. The molecule has 0 N–H and O–H groups in total. The third kappa shape index (κ3) is 5.07. The van der Waals surface area contributed by atoms with Gasteiger partial charge in [-0.05, 0) is 17.9 Å². The van der Waals surface area contributed by atoms with E-state index in [4.69, 9.17) is 23.2 Å². The Labute approximate surface area is 113 Å². The van der Waals surface area contributed by atoms with Gasteiger partial charge < -0.3 is 0 Å². The van der Waals surface area contributed by atoms with Crippen LogP contribution in [0, 0.1) is 0 Å². The van der Waals surface area contributed by atoms with E-state index in [1.54, 1.807) is 11.3 Å². The van der Waals surface area contributed by atoms with Crippen molar-refractivity contribution in [3.63, 3.8) is 0 Å². The van der Waals surface area contributed by atoms with Gasteiger partial charge in [-0.1, -0.05) is 57.0 Å². The minimum atomic E-state index is 0.110. The predicted molar refractivity (Wildman–Crippen MR) is 75.9 cm³/mol. The fourth-order valence-corrected chi connectivity index (χ4v) is 3.45. The highest BCUT2D eigenvalue weighted by molar-refractivity contribution is 7.11. The van der Waals surface area contributed by atoms with Gasteiger partial charge in [-0.15, -0.1) is 22.9 Å². The highest BCUT2D eigenvalue weighted by Gasteiger charge is 2.12. The van der Waals surface area contributed by atoms with Crippen molar-refractivity contribution < 1.29 is 0 Å². The molecular weight excluding hydrogens is 259 g/mol. The van der Waals surface area contributed by atoms with Crippen LogP contribution in [0.4, 0.5) is 0 Å². The molecule has 0 amide bonds. The van der Waals surface area contributed by atoms with Crippen molar-refractivity contribution in [3.05, 3.63) is 21.3 Å². The molecule has 0 saturated heterocycles. The molecule has 0 bridgehead atoms. The van der Waals surface area contributed by atoms with E-state index in [1.807, 2.05) is 11.4 Å². The van der Waals surface area contributed by atoms with Gasteiger partial charge in [0.25, 0.3) is 0 Å². The second-order valence-corrected chi connectivity index (χ2v) is 6.04. The standard InChI is InChI=1S/C13H20Cl2S/c1-2-3-4-5-6-7-8-11(14)13-12(15)9-10-16-13/h9-11H,2-8H2,1H3. The van der Waals surface area contributed by atoms with Crippen LogP contribution in [0.1, 0.15) is 62.1 Å². The molecule has 0 aliphatic rings. The number of halogens is 2. The van der Waals surface area contributed by atoms with E-state index in [0.29, 0.717) is 0 Å². The van der Waals surface area contributed by atoms with Gasteiger partial charge in [-0.2, -0.15) is 0 Å². The molecule has 1 heterocycles. The van der Waals surface area contributed by atoms with Crippen molar-refractivity contribution >= 4 is 34.5 Å². The Kier molecular flexibility index (Phi) is 7.51. The quantitative estimate of drug-likeness (QED) is 0.380. The Hall–Kier alpha value is 0.280. The van der Waals surface area contributed by atoms with Crippen LogP contribution in [0.3, 0.4) is 0 Å². The van der Waals surface area contributed by atoms with E-state index in [-0.39, 0.29) is 5.38 Å². The molecule has 3 heteroatoms. The lowest BCUT2D eigenvalue weighted by Crippen LogP contribution is -1.88. The summed E-state index contributed by atoms with van der Waals surface area (Å²) in [5.41, 5.74) is 0. The fraction of sp³-hybridized carbons (Fsp3) is 0.692. The molecule has 1 aromatic heterocycles. The number of rotatable bonds is 8. The molecule has 0 nitrogen and oxygen atoms in total. The lowest BCUT2D eigenvalue weighted by Gasteiger charge is -2.07. The lowest BCUT2D eigenvalue weighted by molar-refractivity contribution is 0.586. The second-order valence-electron chi connectivity index (χ2n) is 4.16. The number of hydrogen-bond acceptors (Lipinski definition) is 1. The van der Waals surface area contributed by atoms with Gasteiger partial charge >= 0.3 is 0 Å². The van der Waals surface area contributed by atoms with E-state index < -0.39 is 0 Å². The van der Waals surface area contributed by atoms with Crippen molar-refractivity contribution in [2.75, 3.05) is 0 Å². The van der Waals surface area contributed by atoms with E-state index in [9.17, 15) is 0 Å². The van der Waals surface area contributed by atoms with Crippen molar-refractivity contribution in [1.82, 2.24) is 0 Å². The molecule has 0 aromatic carbocycles. The maximum Gasteiger partial charge on any atom is 0.0693 e. The minimum Gasteiger partial charge on any atom is -0.146 e. The molecular formula is C13H20Cl2S. The van der Waals surface area contributed by atoms with Crippen LogP contribution in [0.15, 0.2) is 11.4 Å². The summed E-state index contributed by atoms with van der Waals surface area (Å²) in [6.45, 7) is 2.24. The number of unbranched alkanes of at least 4 members (excludes halogenated alkanes) is 5. The molecule has 16 heavy (non-hydrogen) atoms. The average Bonchev–Trinajstić information content (AvgIpc) is 2.69. The third-order valence-electron chi connectivity index (χ3n) is 2.74. The Morgan fingerprint density at radius 2 is 1.88 bits per heavy atom. The number of thiophene rings is 1. The van der Waals surface area contributed by atoms with Crippen molar-refractivity contribution in [1.29, 1.82) is 0 Å². The Balaban J connectivity index is 2.11. The second kappa shape index (κ2) is 8.38. The molecule has 0 aliphatic carbocycles. The molecule has 92 valence electrons. The van der Waals surface area contributed by atoms with Gasteiger partial charge in [0.15, 0.2) is 0 Å². The maximum atomic E-state index is 6.32. The number of hydrogen-bond donors (Lipinski definition) is 0. The SMILES string of the molecule is CCCCCCCCC(Cl)c1sccc1Cl. The molecule has 0 fully saturated rings. The average molecular weight is 279 g/mol. The first-order chi connectivity index (χ1) is 7.75. The summed E-state index contributed by atoms with van der Waals surface area (Å²) in [5.74, 6) is 0. The monoisotopic (exact) mass is 278 g/mol. The van der Waals surface area contributed by atoms with E-state index >= 15 is 0 Å². The van der Waals surface area contributed by atoms with Gasteiger partial charge in [-0.3, -0.25) is 0 Å². The van der Waals surface area contributed by atoms with Crippen LogP contribution in [0.25, 0.3) is 0 Å². The van der Waals surface area contributed by atoms with Gasteiger partial charge in [-0.25, -0.2) is 0 Å². The van der Waals surface area contributed by atoms with Crippen molar-refractivity contribution in [2.24, 2.45) is 0 Å². The highest BCUT2D eigenvalue weighted by atomic mass is 35.5. The van der Waals surface area contributed by atoms with Gasteiger partial charge in [0, 0.05) is 4.88 Å². The van der Waals surface area contributed by atoms with Crippen LogP contribution < -0.4 is 0 Å². The topological polar surface area (TPSA) is 0 Å². The van der Waals surface area contributed by atoms with E-state index in [2.05, 4.69) is 6.92 Å². The fourth-order valence-electron chi connectivity index (χ4n) is 1.76. The van der Waals surface area contributed by atoms with Gasteiger partial charge in [0.2, 0.25) is 0 Å². The first kappa shape index (κ1) is 14.3. The normalized spacial score (nSPS) is 12.9. The largest absolute Gasteiger partial charge is 0.146 e. The summed E-state index contributed by atoms with van der Waals surface area (Å²) in [6.07, 6.45) is 8.94. The first-order valence-electron chi connectivity index (χ1n) is 6.12.